The smallest absolute Gasteiger partial charge is 0.261 e. The van der Waals surface area contributed by atoms with Crippen LogP contribution in [0.3, 0.4) is 0 Å². The van der Waals surface area contributed by atoms with Crippen LogP contribution in [0.5, 0.6) is 0 Å². The quantitative estimate of drug-likeness (QED) is 0.591. The van der Waals surface area contributed by atoms with Crippen molar-refractivity contribution in [1.82, 2.24) is 24.9 Å². The van der Waals surface area contributed by atoms with Crippen LogP contribution in [-0.4, -0.2) is 57.6 Å². The van der Waals surface area contributed by atoms with E-state index in [1.54, 1.807) is 6.07 Å². The molecule has 2 amide bonds. The first kappa shape index (κ1) is 25.6. The van der Waals surface area contributed by atoms with E-state index in [0.29, 0.717) is 24.9 Å². The first-order valence-corrected chi connectivity index (χ1v) is 13.6. The lowest BCUT2D eigenvalue weighted by atomic mass is 9.95. The number of amides is 2. The number of benzene rings is 1. The van der Waals surface area contributed by atoms with Gasteiger partial charge in [-0.05, 0) is 56.4 Å². The molecule has 7 nitrogen and oxygen atoms in total. The molecule has 1 unspecified atom stereocenters. The molecule has 37 heavy (non-hydrogen) atoms. The zero-order valence-electron chi connectivity index (χ0n) is 22.2. The van der Waals surface area contributed by atoms with E-state index in [9.17, 15) is 14.0 Å². The van der Waals surface area contributed by atoms with Crippen molar-refractivity contribution in [3.8, 4) is 0 Å². The van der Waals surface area contributed by atoms with Gasteiger partial charge in [0, 0.05) is 50.9 Å². The van der Waals surface area contributed by atoms with Crippen LogP contribution in [0, 0.1) is 25.6 Å². The number of nitrogens with zero attached hydrogens (tertiary/aromatic N) is 4. The van der Waals surface area contributed by atoms with Crippen molar-refractivity contribution in [3.63, 3.8) is 0 Å². The highest BCUT2D eigenvalue weighted by molar-refractivity contribution is 5.97. The summed E-state index contributed by atoms with van der Waals surface area (Å²) in [4.78, 5) is 29.5. The third kappa shape index (κ3) is 5.49. The lowest BCUT2D eigenvalue weighted by Gasteiger charge is -2.24. The van der Waals surface area contributed by atoms with Gasteiger partial charge in [0.15, 0.2) is 0 Å². The third-order valence-electron chi connectivity index (χ3n) is 8.23. The van der Waals surface area contributed by atoms with E-state index in [-0.39, 0.29) is 23.7 Å². The molecule has 1 N–H and O–H groups in total. The Morgan fingerprint density at radius 1 is 1.16 bits per heavy atom. The summed E-state index contributed by atoms with van der Waals surface area (Å²) in [5.41, 5.74) is 4.64. The number of likely N-dealkylation sites (tertiary alicyclic amines) is 1. The second kappa shape index (κ2) is 10.8. The maximum atomic E-state index is 13.8. The SMILES string of the molecule is CC(=O)N[C@@H](CCN1CC2=CN(C(=O)c3c(C)nn(C4CCCCC4)c3C)CC2C1)c1cccc(F)c1. The zero-order valence-corrected chi connectivity index (χ0v) is 22.2. The monoisotopic (exact) mass is 507 g/mol. The fourth-order valence-corrected chi connectivity index (χ4v) is 6.40. The number of carbonyl (C=O) groups is 2. The maximum absolute atomic E-state index is 13.8. The molecular weight excluding hydrogens is 469 g/mol. The minimum absolute atomic E-state index is 0.0577. The van der Waals surface area contributed by atoms with E-state index in [4.69, 9.17) is 5.10 Å². The molecule has 3 aliphatic rings. The van der Waals surface area contributed by atoms with Gasteiger partial charge in [0.05, 0.1) is 23.3 Å². The molecule has 3 heterocycles. The van der Waals surface area contributed by atoms with Gasteiger partial charge in [-0.1, -0.05) is 31.4 Å². The summed E-state index contributed by atoms with van der Waals surface area (Å²) in [5, 5.41) is 7.76. The minimum Gasteiger partial charge on any atom is -0.349 e. The van der Waals surface area contributed by atoms with Gasteiger partial charge in [0.1, 0.15) is 5.82 Å². The summed E-state index contributed by atoms with van der Waals surface area (Å²) in [7, 11) is 0. The number of hydrogen-bond donors (Lipinski definition) is 1. The molecule has 1 saturated heterocycles. The zero-order chi connectivity index (χ0) is 26.1. The van der Waals surface area contributed by atoms with Gasteiger partial charge < -0.3 is 10.2 Å². The van der Waals surface area contributed by atoms with Crippen molar-refractivity contribution < 1.29 is 14.0 Å². The molecule has 0 bridgehead atoms. The Kier molecular flexibility index (Phi) is 7.47. The van der Waals surface area contributed by atoms with Crippen LogP contribution in [0.15, 0.2) is 36.0 Å². The average molecular weight is 508 g/mol. The Morgan fingerprint density at radius 2 is 1.95 bits per heavy atom. The first-order chi connectivity index (χ1) is 17.8. The molecule has 5 rings (SSSR count). The molecule has 2 atom stereocenters. The normalized spacial score (nSPS) is 21.1. The number of halogens is 1. The fourth-order valence-electron chi connectivity index (χ4n) is 6.40. The number of fused-ring (bicyclic) bond motifs is 1. The summed E-state index contributed by atoms with van der Waals surface area (Å²) in [6, 6.07) is 6.62. The van der Waals surface area contributed by atoms with Gasteiger partial charge >= 0.3 is 0 Å². The van der Waals surface area contributed by atoms with Crippen LogP contribution in [0.25, 0.3) is 0 Å². The third-order valence-corrected chi connectivity index (χ3v) is 8.23. The predicted molar refractivity (Wildman–Crippen MR) is 140 cm³/mol. The van der Waals surface area contributed by atoms with Crippen molar-refractivity contribution in [2.75, 3.05) is 26.2 Å². The van der Waals surface area contributed by atoms with E-state index in [1.165, 1.54) is 43.9 Å². The lowest BCUT2D eigenvalue weighted by Crippen LogP contribution is -2.33. The summed E-state index contributed by atoms with van der Waals surface area (Å²) in [6.07, 6.45) is 8.78. The van der Waals surface area contributed by atoms with Crippen molar-refractivity contribution >= 4 is 11.8 Å². The summed E-state index contributed by atoms with van der Waals surface area (Å²) in [5.74, 6) is -0.0382. The Morgan fingerprint density at radius 3 is 2.65 bits per heavy atom. The molecule has 198 valence electrons. The number of hydrogen-bond acceptors (Lipinski definition) is 4. The van der Waals surface area contributed by atoms with Gasteiger partial charge in [-0.2, -0.15) is 5.10 Å². The van der Waals surface area contributed by atoms with E-state index in [1.807, 2.05) is 31.0 Å². The standard InChI is InChI=1S/C29H38FN5O2/c1-19-28(20(2)35(32-19)26-10-5-4-6-11-26)29(37)34-17-23-15-33(16-24(23)18-34)13-12-27(31-21(3)36)22-8-7-9-25(30)14-22/h7-9,14,17,24,26-27H,4-6,10-13,15-16,18H2,1-3H3,(H,31,36)/t24?,27-/m0/s1. The van der Waals surface area contributed by atoms with Gasteiger partial charge in [0.25, 0.3) is 5.91 Å². The molecule has 2 aromatic rings. The van der Waals surface area contributed by atoms with Gasteiger partial charge in [-0.3, -0.25) is 19.2 Å². The number of nitrogens with one attached hydrogen (secondary N) is 1. The van der Waals surface area contributed by atoms with Crippen LogP contribution in [0.1, 0.15) is 84.8 Å². The topological polar surface area (TPSA) is 70.5 Å². The van der Waals surface area contributed by atoms with Crippen molar-refractivity contribution in [1.29, 1.82) is 0 Å². The Bertz CT molecular complexity index is 1200. The predicted octanol–water partition coefficient (Wildman–Crippen LogP) is 4.68. The molecule has 1 aliphatic carbocycles. The van der Waals surface area contributed by atoms with Crippen LogP contribution < -0.4 is 5.32 Å². The highest BCUT2D eigenvalue weighted by Gasteiger charge is 2.37. The average Bonchev–Trinajstić information content (AvgIpc) is 3.53. The van der Waals surface area contributed by atoms with Crippen LogP contribution >= 0.6 is 0 Å². The summed E-state index contributed by atoms with van der Waals surface area (Å²) in [6.45, 7) is 8.65. The molecule has 1 saturated carbocycles. The van der Waals surface area contributed by atoms with Crippen molar-refractivity contribution in [2.24, 2.45) is 5.92 Å². The van der Waals surface area contributed by atoms with Gasteiger partial charge in [-0.25, -0.2) is 4.39 Å². The Labute approximate surface area is 218 Å². The second-order valence-electron chi connectivity index (χ2n) is 11.0. The maximum Gasteiger partial charge on any atom is 0.261 e. The minimum atomic E-state index is -0.298. The fraction of sp³-hybridized carbons (Fsp3) is 0.552. The summed E-state index contributed by atoms with van der Waals surface area (Å²) < 4.78 is 15.9. The van der Waals surface area contributed by atoms with Crippen LogP contribution in [-0.2, 0) is 4.79 Å². The van der Waals surface area contributed by atoms with E-state index >= 15 is 0 Å². The number of aryl methyl sites for hydroxylation is 1. The van der Waals surface area contributed by atoms with Crippen LogP contribution in [0.4, 0.5) is 4.39 Å². The second-order valence-corrected chi connectivity index (χ2v) is 11.0. The molecule has 1 aromatic carbocycles. The molecule has 2 fully saturated rings. The molecule has 8 heteroatoms. The van der Waals surface area contributed by atoms with Crippen molar-refractivity contribution in [2.45, 2.75) is 71.4 Å². The van der Waals surface area contributed by atoms with Crippen LogP contribution in [0.2, 0.25) is 0 Å². The van der Waals surface area contributed by atoms with E-state index < -0.39 is 0 Å². The Hall–Kier alpha value is -3.00. The highest BCUT2D eigenvalue weighted by Crippen LogP contribution is 2.34. The number of aromatic nitrogens is 2. The van der Waals surface area contributed by atoms with E-state index in [0.717, 1.165) is 55.0 Å². The molecule has 1 aromatic heterocycles. The molecule has 0 spiro atoms. The Balaban J connectivity index is 1.22. The lowest BCUT2D eigenvalue weighted by molar-refractivity contribution is -0.119. The molecule has 2 aliphatic heterocycles. The number of rotatable bonds is 7. The summed E-state index contributed by atoms with van der Waals surface area (Å²) >= 11 is 0. The highest BCUT2D eigenvalue weighted by atomic mass is 19.1. The van der Waals surface area contributed by atoms with Crippen molar-refractivity contribution in [3.05, 3.63) is 64.4 Å². The first-order valence-electron chi connectivity index (χ1n) is 13.6. The van der Waals surface area contributed by atoms with Gasteiger partial charge in [-0.15, -0.1) is 0 Å². The van der Waals surface area contributed by atoms with Gasteiger partial charge in [0.2, 0.25) is 5.91 Å². The molecular formula is C29H38FN5O2. The molecule has 0 radical (unpaired) electrons. The van der Waals surface area contributed by atoms with E-state index in [2.05, 4.69) is 14.9 Å². The largest absolute Gasteiger partial charge is 0.349 e. The number of carbonyl (C=O) groups excluding carboxylic acids is 2.